The molecule has 0 radical (unpaired) electrons. The van der Waals surface area contributed by atoms with Crippen molar-refractivity contribution in [2.75, 3.05) is 14.2 Å². The molecular weight excluding hydrogens is 476 g/mol. The molecule has 0 amide bonds. The fourth-order valence-electron chi connectivity index (χ4n) is 3.65. The summed E-state index contributed by atoms with van der Waals surface area (Å²) in [6, 6.07) is 25.9. The highest BCUT2D eigenvalue weighted by Gasteiger charge is 2.16. The van der Waals surface area contributed by atoms with Crippen LogP contribution in [0.2, 0.25) is 0 Å². The molecule has 0 unspecified atom stereocenters. The van der Waals surface area contributed by atoms with Crippen molar-refractivity contribution in [1.82, 2.24) is 20.2 Å². The van der Waals surface area contributed by atoms with Gasteiger partial charge >= 0.3 is 0 Å². The third-order valence-corrected chi connectivity index (χ3v) is 7.09. The Morgan fingerprint density at radius 3 is 2.14 bits per heavy atom. The highest BCUT2D eigenvalue weighted by Crippen LogP contribution is 2.39. The summed E-state index contributed by atoms with van der Waals surface area (Å²) in [5, 5.41) is 12.5. The Morgan fingerprint density at radius 2 is 1.46 bits per heavy atom. The van der Waals surface area contributed by atoms with Crippen LogP contribution in [0, 0.1) is 0 Å². The van der Waals surface area contributed by atoms with Gasteiger partial charge in [0.2, 0.25) is 5.16 Å². The minimum Gasteiger partial charge on any atom is -0.493 e. The van der Waals surface area contributed by atoms with Crippen LogP contribution in [0.25, 0.3) is 33.1 Å². The van der Waals surface area contributed by atoms with E-state index in [9.17, 15) is 0 Å². The molecule has 5 aromatic rings. The van der Waals surface area contributed by atoms with Gasteiger partial charge in [0.25, 0.3) is 0 Å². The molecule has 0 N–H and O–H groups in total. The van der Waals surface area contributed by atoms with E-state index in [1.165, 1.54) is 11.8 Å². The molecule has 3 aromatic carbocycles. The number of hydrogen-bond acceptors (Lipinski definition) is 8. The molecule has 8 heteroatoms. The monoisotopic (exact) mass is 498 g/mol. The molecule has 0 aliphatic heterocycles. The summed E-state index contributed by atoms with van der Waals surface area (Å²) in [7, 11) is 3.27. The minimum absolute atomic E-state index is 0.608. The van der Waals surface area contributed by atoms with E-state index in [1.807, 2.05) is 84.2 Å². The van der Waals surface area contributed by atoms with Gasteiger partial charge in [-0.1, -0.05) is 78.5 Å². The largest absolute Gasteiger partial charge is 0.493 e. The Labute approximate surface area is 212 Å². The number of para-hydroxylation sites is 1. The zero-order valence-corrected chi connectivity index (χ0v) is 20.8. The lowest BCUT2D eigenvalue weighted by Crippen LogP contribution is -1.99. The molecule has 0 aliphatic rings. The summed E-state index contributed by atoms with van der Waals surface area (Å²) >= 11 is 3.09. The summed E-state index contributed by atoms with van der Waals surface area (Å²) in [6.07, 6.45) is 0. The third kappa shape index (κ3) is 5.03. The lowest BCUT2D eigenvalue weighted by molar-refractivity contribution is 0.356. The van der Waals surface area contributed by atoms with E-state index in [-0.39, 0.29) is 0 Å². The Bertz CT molecular complexity index is 1430. The van der Waals surface area contributed by atoms with Crippen LogP contribution >= 0.6 is 23.1 Å². The highest BCUT2D eigenvalue weighted by atomic mass is 32.2. The number of thiazole rings is 1. The summed E-state index contributed by atoms with van der Waals surface area (Å²) < 4.78 is 11.0. The van der Waals surface area contributed by atoms with Crippen LogP contribution in [0.15, 0.2) is 89.4 Å². The maximum absolute atomic E-state index is 5.57. The van der Waals surface area contributed by atoms with Crippen molar-refractivity contribution in [2.45, 2.75) is 10.9 Å². The van der Waals surface area contributed by atoms with Gasteiger partial charge in [-0.05, 0) is 12.1 Å². The average Bonchev–Trinajstić information content (AvgIpc) is 3.41. The van der Waals surface area contributed by atoms with E-state index in [1.54, 1.807) is 25.6 Å². The fraction of sp³-hybridized carbons (Fsp3) is 0.111. The maximum Gasteiger partial charge on any atom is 0.210 e. The van der Waals surface area contributed by atoms with Crippen molar-refractivity contribution in [2.24, 2.45) is 0 Å². The smallest absolute Gasteiger partial charge is 0.210 e. The normalized spacial score (nSPS) is 10.8. The van der Waals surface area contributed by atoms with Crippen LogP contribution in [0.5, 0.6) is 11.5 Å². The van der Waals surface area contributed by atoms with Crippen LogP contribution < -0.4 is 9.47 Å². The van der Waals surface area contributed by atoms with Gasteiger partial charge in [0.05, 0.1) is 25.5 Å². The van der Waals surface area contributed by atoms with Gasteiger partial charge in [-0.25, -0.2) is 9.97 Å². The molecule has 0 fully saturated rings. The van der Waals surface area contributed by atoms with Crippen molar-refractivity contribution in [3.8, 4) is 44.6 Å². The number of nitrogens with zero attached hydrogens (tertiary/aromatic N) is 4. The van der Waals surface area contributed by atoms with Crippen LogP contribution in [0.4, 0.5) is 0 Å². The van der Waals surface area contributed by atoms with Gasteiger partial charge in [0.1, 0.15) is 16.4 Å². The molecule has 0 bridgehead atoms. The molecule has 35 heavy (non-hydrogen) atoms. The first-order valence-electron chi connectivity index (χ1n) is 10.9. The second kappa shape index (κ2) is 10.7. The molecule has 0 atom stereocenters. The SMILES string of the molecule is COc1cccc(-c2nc(CSc3nnc(-c4ccccc4)c(-c4ccccc4)n3)cs2)c1OC. The summed E-state index contributed by atoms with van der Waals surface area (Å²) in [5.41, 5.74) is 5.42. The summed E-state index contributed by atoms with van der Waals surface area (Å²) in [6.45, 7) is 0. The topological polar surface area (TPSA) is 70.0 Å². The molecule has 0 spiro atoms. The Kier molecular flexibility index (Phi) is 7.02. The van der Waals surface area contributed by atoms with E-state index in [0.717, 1.165) is 38.8 Å². The zero-order valence-electron chi connectivity index (χ0n) is 19.2. The van der Waals surface area contributed by atoms with Crippen LogP contribution in [0.1, 0.15) is 5.69 Å². The number of hydrogen-bond donors (Lipinski definition) is 0. The maximum atomic E-state index is 5.57. The number of benzene rings is 3. The average molecular weight is 499 g/mol. The highest BCUT2D eigenvalue weighted by molar-refractivity contribution is 7.98. The summed E-state index contributed by atoms with van der Waals surface area (Å²) in [5.74, 6) is 1.99. The molecular formula is C27H22N4O2S2. The first-order valence-corrected chi connectivity index (χ1v) is 12.8. The first-order chi connectivity index (χ1) is 17.3. The van der Waals surface area contributed by atoms with Gasteiger partial charge in [-0.15, -0.1) is 21.5 Å². The second-order valence-corrected chi connectivity index (χ2v) is 9.30. The van der Waals surface area contributed by atoms with Crippen molar-refractivity contribution < 1.29 is 9.47 Å². The predicted molar refractivity (Wildman–Crippen MR) is 141 cm³/mol. The fourth-order valence-corrected chi connectivity index (χ4v) is 5.28. The molecule has 6 nitrogen and oxygen atoms in total. The Morgan fingerprint density at radius 1 is 0.743 bits per heavy atom. The molecule has 0 saturated heterocycles. The number of ether oxygens (including phenoxy) is 2. The molecule has 0 aliphatic carbocycles. The number of aromatic nitrogens is 4. The van der Waals surface area contributed by atoms with E-state index >= 15 is 0 Å². The zero-order chi connectivity index (χ0) is 24.0. The number of thioether (sulfide) groups is 1. The van der Waals surface area contributed by atoms with E-state index in [2.05, 4.69) is 10.2 Å². The minimum atomic E-state index is 0.608. The summed E-state index contributed by atoms with van der Waals surface area (Å²) in [4.78, 5) is 9.69. The van der Waals surface area contributed by atoms with Crippen LogP contribution in [-0.2, 0) is 5.75 Å². The number of rotatable bonds is 8. The van der Waals surface area contributed by atoms with Gasteiger partial charge < -0.3 is 9.47 Å². The lowest BCUT2D eigenvalue weighted by Gasteiger charge is -2.10. The van der Waals surface area contributed by atoms with Crippen molar-refractivity contribution >= 4 is 23.1 Å². The quantitative estimate of drug-likeness (QED) is 0.222. The molecule has 174 valence electrons. The molecule has 0 saturated carbocycles. The predicted octanol–water partition coefficient (Wildman–Crippen LogP) is 6.64. The second-order valence-electron chi connectivity index (χ2n) is 7.50. The standard InChI is InChI=1S/C27H22N4O2S2/c1-32-22-15-9-14-21(25(22)33-2)26-28-20(16-34-26)17-35-27-29-23(18-10-5-3-6-11-18)24(30-31-27)19-12-7-4-8-13-19/h3-16H,17H2,1-2H3. The van der Waals surface area contributed by atoms with E-state index < -0.39 is 0 Å². The van der Waals surface area contributed by atoms with Crippen molar-refractivity contribution in [3.05, 3.63) is 89.9 Å². The van der Waals surface area contributed by atoms with Gasteiger partial charge in [-0.2, -0.15) is 0 Å². The number of methoxy groups -OCH3 is 2. The van der Waals surface area contributed by atoms with E-state index in [0.29, 0.717) is 22.4 Å². The van der Waals surface area contributed by atoms with E-state index in [4.69, 9.17) is 19.4 Å². The van der Waals surface area contributed by atoms with Crippen LogP contribution in [0.3, 0.4) is 0 Å². The Balaban J connectivity index is 1.40. The molecule has 2 aromatic heterocycles. The van der Waals surface area contributed by atoms with Gasteiger partial charge in [0, 0.05) is 22.3 Å². The molecule has 5 rings (SSSR count). The van der Waals surface area contributed by atoms with Crippen LogP contribution in [-0.4, -0.2) is 34.4 Å². The first kappa shape index (κ1) is 23.0. The van der Waals surface area contributed by atoms with Crippen molar-refractivity contribution in [1.29, 1.82) is 0 Å². The lowest BCUT2D eigenvalue weighted by atomic mass is 10.0. The van der Waals surface area contributed by atoms with Gasteiger partial charge in [0.15, 0.2) is 11.5 Å². The molecule has 2 heterocycles. The third-order valence-electron chi connectivity index (χ3n) is 5.30. The van der Waals surface area contributed by atoms with Crippen molar-refractivity contribution in [3.63, 3.8) is 0 Å². The van der Waals surface area contributed by atoms with Gasteiger partial charge in [-0.3, -0.25) is 0 Å². The Hall–Kier alpha value is -3.75.